The van der Waals surface area contributed by atoms with Gasteiger partial charge in [0.1, 0.15) is 0 Å². The van der Waals surface area contributed by atoms with E-state index in [1.54, 1.807) is 24.3 Å². The number of nitrogens with one attached hydrogen (secondary N) is 3. The molecule has 0 spiro atoms. The lowest BCUT2D eigenvalue weighted by molar-refractivity contribution is -0.136. The van der Waals surface area contributed by atoms with E-state index < -0.39 is 11.8 Å². The number of para-hydroxylation sites is 1. The number of benzene rings is 2. The summed E-state index contributed by atoms with van der Waals surface area (Å²) in [5, 5.41) is 7.99. The van der Waals surface area contributed by atoms with Crippen LogP contribution in [0, 0.1) is 6.92 Å². The van der Waals surface area contributed by atoms with Gasteiger partial charge in [0.15, 0.2) is 0 Å². The van der Waals surface area contributed by atoms with E-state index in [9.17, 15) is 14.4 Å². The summed E-state index contributed by atoms with van der Waals surface area (Å²) in [5.74, 6) is -1.79. The fraction of sp³-hybridized carbons (Fsp3) is 0.348. The van der Waals surface area contributed by atoms with Crippen molar-refractivity contribution in [3.05, 3.63) is 65.2 Å². The molecule has 0 aliphatic heterocycles. The molecule has 0 aliphatic carbocycles. The SMILES string of the molecule is CCCCCCNC(=O)C(=O)Nc1ccccc1C(=O)NCc1ccc(C)cc1. The molecule has 3 N–H and O–H groups in total. The van der Waals surface area contributed by atoms with E-state index in [-0.39, 0.29) is 5.91 Å². The van der Waals surface area contributed by atoms with Crippen molar-refractivity contribution in [2.24, 2.45) is 0 Å². The van der Waals surface area contributed by atoms with Gasteiger partial charge >= 0.3 is 11.8 Å². The van der Waals surface area contributed by atoms with Crippen LogP contribution < -0.4 is 16.0 Å². The molecule has 0 aliphatic rings. The lowest BCUT2D eigenvalue weighted by Crippen LogP contribution is -2.36. The van der Waals surface area contributed by atoms with Crippen LogP contribution in [0.15, 0.2) is 48.5 Å². The number of aryl methyl sites for hydroxylation is 1. The molecule has 2 aromatic rings. The van der Waals surface area contributed by atoms with E-state index in [1.165, 1.54) is 0 Å². The van der Waals surface area contributed by atoms with Crippen LogP contribution in [0.5, 0.6) is 0 Å². The van der Waals surface area contributed by atoms with E-state index in [1.807, 2.05) is 31.2 Å². The van der Waals surface area contributed by atoms with Gasteiger partial charge in [0.05, 0.1) is 11.3 Å². The Labute approximate surface area is 172 Å². The van der Waals surface area contributed by atoms with Gasteiger partial charge in [-0.05, 0) is 31.0 Å². The molecule has 0 radical (unpaired) electrons. The van der Waals surface area contributed by atoms with Crippen LogP contribution in [-0.2, 0) is 16.1 Å². The van der Waals surface area contributed by atoms with E-state index in [0.29, 0.717) is 24.3 Å². The molecule has 0 heterocycles. The number of carbonyl (C=O) groups excluding carboxylic acids is 3. The highest BCUT2D eigenvalue weighted by molar-refractivity contribution is 6.40. The maximum Gasteiger partial charge on any atom is 0.313 e. The van der Waals surface area contributed by atoms with E-state index >= 15 is 0 Å². The van der Waals surface area contributed by atoms with Crippen molar-refractivity contribution < 1.29 is 14.4 Å². The first kappa shape index (κ1) is 22.1. The molecule has 0 aromatic heterocycles. The molecule has 154 valence electrons. The van der Waals surface area contributed by atoms with Crippen LogP contribution >= 0.6 is 0 Å². The largest absolute Gasteiger partial charge is 0.348 e. The van der Waals surface area contributed by atoms with Crippen LogP contribution in [-0.4, -0.2) is 24.3 Å². The molecule has 0 fully saturated rings. The van der Waals surface area contributed by atoms with Gasteiger partial charge in [0.2, 0.25) is 0 Å². The molecule has 0 saturated carbocycles. The number of hydrogen-bond donors (Lipinski definition) is 3. The Morgan fingerprint density at radius 1 is 0.828 bits per heavy atom. The molecule has 2 aromatic carbocycles. The van der Waals surface area contributed by atoms with Gasteiger partial charge in [-0.15, -0.1) is 0 Å². The van der Waals surface area contributed by atoms with Crippen LogP contribution in [0.25, 0.3) is 0 Å². The molecular weight excluding hydrogens is 366 g/mol. The molecule has 6 heteroatoms. The average Bonchev–Trinajstić information content (AvgIpc) is 2.73. The predicted molar refractivity (Wildman–Crippen MR) is 115 cm³/mol. The average molecular weight is 396 g/mol. The summed E-state index contributed by atoms with van der Waals surface area (Å²) in [7, 11) is 0. The highest BCUT2D eigenvalue weighted by Crippen LogP contribution is 2.15. The zero-order valence-electron chi connectivity index (χ0n) is 17.1. The zero-order valence-corrected chi connectivity index (χ0v) is 17.1. The molecule has 0 saturated heterocycles. The molecule has 0 atom stereocenters. The second-order valence-electron chi connectivity index (χ2n) is 6.98. The number of anilines is 1. The second-order valence-corrected chi connectivity index (χ2v) is 6.98. The maximum absolute atomic E-state index is 12.6. The number of carbonyl (C=O) groups is 3. The minimum Gasteiger partial charge on any atom is -0.348 e. The summed E-state index contributed by atoms with van der Waals surface area (Å²) in [4.78, 5) is 36.7. The minimum absolute atomic E-state index is 0.306. The first-order valence-electron chi connectivity index (χ1n) is 10.0. The van der Waals surface area contributed by atoms with Crippen molar-refractivity contribution >= 4 is 23.4 Å². The quantitative estimate of drug-likeness (QED) is 0.448. The summed E-state index contributed by atoms with van der Waals surface area (Å²) in [6, 6.07) is 14.5. The third-order valence-electron chi connectivity index (χ3n) is 4.52. The standard InChI is InChI=1S/C23H29N3O3/c1-3-4-5-8-15-24-22(28)23(29)26-20-10-7-6-9-19(20)21(27)25-16-18-13-11-17(2)12-14-18/h6-7,9-14H,3-5,8,15-16H2,1-2H3,(H,24,28)(H,25,27)(H,26,29). The first-order valence-corrected chi connectivity index (χ1v) is 10.0. The van der Waals surface area contributed by atoms with Gasteiger partial charge in [-0.25, -0.2) is 0 Å². The molecule has 29 heavy (non-hydrogen) atoms. The normalized spacial score (nSPS) is 10.3. The molecule has 0 bridgehead atoms. The number of unbranched alkanes of at least 4 members (excludes halogenated alkanes) is 3. The Kier molecular flexibility index (Phi) is 8.89. The maximum atomic E-state index is 12.6. The van der Waals surface area contributed by atoms with Crippen LogP contribution in [0.3, 0.4) is 0 Å². The molecule has 3 amide bonds. The van der Waals surface area contributed by atoms with Crippen molar-refractivity contribution in [1.29, 1.82) is 0 Å². The third kappa shape index (κ3) is 7.41. The van der Waals surface area contributed by atoms with Crippen molar-refractivity contribution in [3.8, 4) is 0 Å². The summed E-state index contributed by atoms with van der Waals surface area (Å²) < 4.78 is 0. The fourth-order valence-electron chi connectivity index (χ4n) is 2.79. The smallest absolute Gasteiger partial charge is 0.313 e. The molecular formula is C23H29N3O3. The monoisotopic (exact) mass is 395 g/mol. The van der Waals surface area contributed by atoms with Crippen molar-refractivity contribution in [2.75, 3.05) is 11.9 Å². The highest BCUT2D eigenvalue weighted by atomic mass is 16.2. The second kappa shape index (κ2) is 11.6. The van der Waals surface area contributed by atoms with Gasteiger partial charge < -0.3 is 16.0 Å². The minimum atomic E-state index is -0.778. The van der Waals surface area contributed by atoms with Gasteiger partial charge in [0.25, 0.3) is 5.91 Å². The number of amides is 3. The van der Waals surface area contributed by atoms with Crippen LogP contribution in [0.2, 0.25) is 0 Å². The van der Waals surface area contributed by atoms with Gasteiger partial charge in [0, 0.05) is 13.1 Å². The van der Waals surface area contributed by atoms with Crippen molar-refractivity contribution in [1.82, 2.24) is 10.6 Å². The van der Waals surface area contributed by atoms with Crippen molar-refractivity contribution in [2.45, 2.75) is 46.1 Å². The number of hydrogen-bond acceptors (Lipinski definition) is 3. The Morgan fingerprint density at radius 2 is 1.55 bits per heavy atom. The molecule has 2 rings (SSSR count). The predicted octanol–water partition coefficient (Wildman–Crippen LogP) is 3.56. The first-order chi connectivity index (χ1) is 14.0. The Morgan fingerprint density at radius 3 is 2.28 bits per heavy atom. The fourth-order valence-corrected chi connectivity index (χ4v) is 2.79. The van der Waals surface area contributed by atoms with Crippen molar-refractivity contribution in [3.63, 3.8) is 0 Å². The topological polar surface area (TPSA) is 87.3 Å². The molecule has 6 nitrogen and oxygen atoms in total. The Balaban J connectivity index is 1.91. The summed E-state index contributed by atoms with van der Waals surface area (Å²) >= 11 is 0. The summed E-state index contributed by atoms with van der Waals surface area (Å²) in [6.45, 7) is 4.95. The summed E-state index contributed by atoms with van der Waals surface area (Å²) in [6.07, 6.45) is 4.07. The zero-order chi connectivity index (χ0) is 21.1. The van der Waals surface area contributed by atoms with E-state index in [2.05, 4.69) is 22.9 Å². The van der Waals surface area contributed by atoms with Gasteiger partial charge in [-0.2, -0.15) is 0 Å². The number of rotatable bonds is 9. The highest BCUT2D eigenvalue weighted by Gasteiger charge is 2.17. The van der Waals surface area contributed by atoms with Gasteiger partial charge in [-0.1, -0.05) is 68.1 Å². The summed E-state index contributed by atoms with van der Waals surface area (Å²) in [5.41, 5.74) is 2.74. The van der Waals surface area contributed by atoms with E-state index in [4.69, 9.17) is 0 Å². The van der Waals surface area contributed by atoms with E-state index in [0.717, 1.165) is 36.8 Å². The Bertz CT molecular complexity index is 832. The lowest BCUT2D eigenvalue weighted by atomic mass is 10.1. The third-order valence-corrected chi connectivity index (χ3v) is 4.52. The van der Waals surface area contributed by atoms with Crippen LogP contribution in [0.1, 0.15) is 54.1 Å². The van der Waals surface area contributed by atoms with Gasteiger partial charge in [-0.3, -0.25) is 14.4 Å². The lowest BCUT2D eigenvalue weighted by Gasteiger charge is -2.12. The molecule has 0 unspecified atom stereocenters. The Hall–Kier alpha value is -3.15. The van der Waals surface area contributed by atoms with Crippen LogP contribution in [0.4, 0.5) is 5.69 Å².